The van der Waals surface area contributed by atoms with Gasteiger partial charge in [-0.3, -0.25) is 0 Å². The highest BCUT2D eigenvalue weighted by atomic mass is 16.3. The lowest BCUT2D eigenvalue weighted by Crippen LogP contribution is -2.38. The molecule has 1 nitrogen and oxygen atoms in total. The van der Waals surface area contributed by atoms with E-state index in [-0.39, 0.29) is 6.10 Å². The minimum absolute atomic E-state index is 0.0246. The van der Waals surface area contributed by atoms with Gasteiger partial charge in [0.1, 0.15) is 0 Å². The minimum atomic E-state index is 0.0246. The summed E-state index contributed by atoms with van der Waals surface area (Å²) >= 11 is 0. The highest BCUT2D eigenvalue weighted by Crippen LogP contribution is 2.52. The van der Waals surface area contributed by atoms with E-state index < -0.39 is 0 Å². The normalized spacial score (nSPS) is 49.2. The van der Waals surface area contributed by atoms with Gasteiger partial charge in [-0.2, -0.15) is 0 Å². The molecule has 0 aliphatic heterocycles. The Morgan fingerprint density at radius 2 is 1.04 bits per heavy atom. The summed E-state index contributed by atoms with van der Waals surface area (Å²) in [5.41, 5.74) is 0. The molecule has 0 bridgehead atoms. The van der Waals surface area contributed by atoms with Gasteiger partial charge in [0.15, 0.2) is 0 Å². The van der Waals surface area contributed by atoms with Crippen LogP contribution >= 0.6 is 0 Å². The highest BCUT2D eigenvalue weighted by molar-refractivity contribution is 4.92. The van der Waals surface area contributed by atoms with E-state index in [1.54, 1.807) is 32.1 Å². The van der Waals surface area contributed by atoms with E-state index in [1.807, 2.05) is 0 Å². The molecule has 4 aliphatic rings. The number of aliphatic hydroxyl groups is 1. The maximum atomic E-state index is 9.95. The van der Waals surface area contributed by atoms with E-state index in [9.17, 15) is 5.11 Å². The molecule has 24 heavy (non-hydrogen) atoms. The van der Waals surface area contributed by atoms with Crippen LogP contribution in [0.15, 0.2) is 0 Å². The van der Waals surface area contributed by atoms with Crippen LogP contribution in [0.4, 0.5) is 0 Å². The first kappa shape index (κ1) is 17.4. The van der Waals surface area contributed by atoms with E-state index in [1.165, 1.54) is 44.9 Å². The monoisotopic (exact) mass is 332 g/mol. The van der Waals surface area contributed by atoms with Gasteiger partial charge in [0, 0.05) is 0 Å². The van der Waals surface area contributed by atoms with Gasteiger partial charge in [0.05, 0.1) is 6.10 Å². The van der Waals surface area contributed by atoms with Crippen molar-refractivity contribution in [1.82, 2.24) is 0 Å². The van der Waals surface area contributed by atoms with Gasteiger partial charge in [0.2, 0.25) is 0 Å². The highest BCUT2D eigenvalue weighted by Gasteiger charge is 2.41. The fourth-order valence-electron chi connectivity index (χ4n) is 7.45. The van der Waals surface area contributed by atoms with Crippen molar-refractivity contribution in [3.05, 3.63) is 0 Å². The fraction of sp³-hybridized carbons (Fsp3) is 1.00. The standard InChI is InChI=1S/C23H40O/c1-2-3-16-4-5-18-13-19(7-6-17(18)12-16)20-8-9-22-15-23(24)11-10-21(22)14-20/h16-24H,2-15H2,1H3. The van der Waals surface area contributed by atoms with E-state index >= 15 is 0 Å². The molecular weight excluding hydrogens is 292 g/mol. The molecule has 8 atom stereocenters. The van der Waals surface area contributed by atoms with Crippen molar-refractivity contribution in [3.63, 3.8) is 0 Å². The maximum absolute atomic E-state index is 9.95. The second-order valence-corrected chi connectivity index (χ2v) is 10.1. The van der Waals surface area contributed by atoms with Crippen molar-refractivity contribution in [2.24, 2.45) is 41.4 Å². The van der Waals surface area contributed by atoms with E-state index in [0.717, 1.165) is 54.3 Å². The smallest absolute Gasteiger partial charge is 0.0543 e. The van der Waals surface area contributed by atoms with Crippen LogP contribution in [-0.2, 0) is 0 Å². The van der Waals surface area contributed by atoms with Gasteiger partial charge in [-0.15, -0.1) is 0 Å². The quantitative estimate of drug-likeness (QED) is 0.652. The van der Waals surface area contributed by atoms with Crippen LogP contribution in [0.3, 0.4) is 0 Å². The Morgan fingerprint density at radius 1 is 0.583 bits per heavy atom. The molecule has 1 heteroatoms. The number of aliphatic hydroxyl groups excluding tert-OH is 1. The Balaban J connectivity index is 1.30. The van der Waals surface area contributed by atoms with Crippen LogP contribution in [0.2, 0.25) is 0 Å². The van der Waals surface area contributed by atoms with Gasteiger partial charge in [-0.05, 0) is 112 Å². The molecular formula is C23H40O. The molecule has 0 aromatic rings. The predicted molar refractivity (Wildman–Crippen MR) is 101 cm³/mol. The van der Waals surface area contributed by atoms with Crippen LogP contribution in [-0.4, -0.2) is 11.2 Å². The van der Waals surface area contributed by atoms with Crippen LogP contribution in [0.5, 0.6) is 0 Å². The van der Waals surface area contributed by atoms with Crippen molar-refractivity contribution < 1.29 is 5.11 Å². The Hall–Kier alpha value is -0.0400. The third-order valence-corrected chi connectivity index (χ3v) is 8.75. The van der Waals surface area contributed by atoms with Gasteiger partial charge in [0.25, 0.3) is 0 Å². The second kappa shape index (κ2) is 7.68. The van der Waals surface area contributed by atoms with Crippen LogP contribution in [0.1, 0.15) is 96.8 Å². The summed E-state index contributed by atoms with van der Waals surface area (Å²) < 4.78 is 0. The summed E-state index contributed by atoms with van der Waals surface area (Å²) in [7, 11) is 0. The van der Waals surface area contributed by atoms with Crippen molar-refractivity contribution in [2.45, 2.75) is 103 Å². The lowest BCUT2D eigenvalue weighted by molar-refractivity contribution is 0.00608. The molecule has 0 amide bonds. The molecule has 4 fully saturated rings. The molecule has 0 heterocycles. The van der Waals surface area contributed by atoms with Crippen molar-refractivity contribution in [1.29, 1.82) is 0 Å². The molecule has 138 valence electrons. The van der Waals surface area contributed by atoms with Gasteiger partial charge >= 0.3 is 0 Å². The molecule has 0 radical (unpaired) electrons. The average Bonchev–Trinajstić information content (AvgIpc) is 2.61. The second-order valence-electron chi connectivity index (χ2n) is 10.1. The first-order chi connectivity index (χ1) is 11.7. The summed E-state index contributed by atoms with van der Waals surface area (Å²) in [5, 5.41) is 9.95. The fourth-order valence-corrected chi connectivity index (χ4v) is 7.45. The maximum Gasteiger partial charge on any atom is 0.0543 e. The zero-order valence-corrected chi connectivity index (χ0v) is 16.0. The van der Waals surface area contributed by atoms with Crippen molar-refractivity contribution in [2.75, 3.05) is 0 Å². The zero-order valence-electron chi connectivity index (χ0n) is 16.0. The summed E-state index contributed by atoms with van der Waals surface area (Å²) in [5.74, 6) is 7.17. The third kappa shape index (κ3) is 3.71. The summed E-state index contributed by atoms with van der Waals surface area (Å²) in [4.78, 5) is 0. The Kier molecular flexibility index (Phi) is 5.56. The zero-order chi connectivity index (χ0) is 16.5. The summed E-state index contributed by atoms with van der Waals surface area (Å²) in [6.07, 6.45) is 20.2. The van der Waals surface area contributed by atoms with Crippen LogP contribution in [0, 0.1) is 41.4 Å². The number of fused-ring (bicyclic) bond motifs is 2. The molecule has 8 unspecified atom stereocenters. The number of hydrogen-bond donors (Lipinski definition) is 1. The van der Waals surface area contributed by atoms with E-state index in [4.69, 9.17) is 0 Å². The first-order valence-electron chi connectivity index (χ1n) is 11.4. The Labute approximate surface area is 150 Å². The van der Waals surface area contributed by atoms with E-state index in [2.05, 4.69) is 6.92 Å². The lowest BCUT2D eigenvalue weighted by Gasteiger charge is -2.48. The lowest BCUT2D eigenvalue weighted by atomic mass is 9.58. The topological polar surface area (TPSA) is 20.2 Å². The largest absolute Gasteiger partial charge is 0.393 e. The van der Waals surface area contributed by atoms with Crippen LogP contribution < -0.4 is 0 Å². The molecule has 0 aromatic carbocycles. The molecule has 0 saturated heterocycles. The molecule has 0 aromatic heterocycles. The molecule has 1 N–H and O–H groups in total. The predicted octanol–water partition coefficient (Wildman–Crippen LogP) is 6.20. The number of hydrogen-bond acceptors (Lipinski definition) is 1. The summed E-state index contributed by atoms with van der Waals surface area (Å²) in [6, 6.07) is 0. The molecule has 4 saturated carbocycles. The van der Waals surface area contributed by atoms with Gasteiger partial charge < -0.3 is 5.11 Å². The van der Waals surface area contributed by atoms with Crippen LogP contribution in [0.25, 0.3) is 0 Å². The first-order valence-corrected chi connectivity index (χ1v) is 11.4. The SMILES string of the molecule is CCCC1CCC2CC(C3CCC4CC(O)CCC4C3)CCC2C1. The van der Waals surface area contributed by atoms with Gasteiger partial charge in [-0.25, -0.2) is 0 Å². The average molecular weight is 333 g/mol. The van der Waals surface area contributed by atoms with Gasteiger partial charge in [-0.1, -0.05) is 26.2 Å². The summed E-state index contributed by atoms with van der Waals surface area (Å²) in [6.45, 7) is 2.36. The molecule has 0 spiro atoms. The van der Waals surface area contributed by atoms with Crippen molar-refractivity contribution >= 4 is 0 Å². The Morgan fingerprint density at radius 3 is 1.62 bits per heavy atom. The number of rotatable bonds is 3. The van der Waals surface area contributed by atoms with Crippen molar-refractivity contribution in [3.8, 4) is 0 Å². The van der Waals surface area contributed by atoms with E-state index in [0.29, 0.717) is 0 Å². The minimum Gasteiger partial charge on any atom is -0.393 e. The Bertz CT molecular complexity index is 405. The third-order valence-electron chi connectivity index (χ3n) is 8.75. The molecule has 4 aliphatic carbocycles. The molecule has 4 rings (SSSR count).